The molecule has 3 aromatic rings. The van der Waals surface area contributed by atoms with Crippen LogP contribution in [0.25, 0.3) is 23.0 Å². The van der Waals surface area contributed by atoms with Gasteiger partial charge in [-0.3, -0.25) is 20.4 Å². The minimum atomic E-state index is -5.46. The zero-order valence-electron chi connectivity index (χ0n) is 22.5. The number of likely N-dealkylation sites (tertiary alicyclic amines) is 1. The van der Waals surface area contributed by atoms with Crippen LogP contribution >= 0.6 is 0 Å². The molecule has 1 saturated heterocycles. The van der Waals surface area contributed by atoms with E-state index in [9.17, 15) is 26.8 Å². The number of aliphatic imine (C=N–C) groups is 1. The first-order valence-electron chi connectivity index (χ1n) is 12.8. The molecular weight excluding hydrogens is 563 g/mol. The first-order chi connectivity index (χ1) is 19.5. The number of sulfone groups is 1. The van der Waals surface area contributed by atoms with E-state index in [1.54, 1.807) is 16.8 Å². The third kappa shape index (κ3) is 7.28. The average Bonchev–Trinajstić information content (AvgIpc) is 3.71. The van der Waals surface area contributed by atoms with Crippen LogP contribution in [0.1, 0.15) is 25.5 Å². The Morgan fingerprint density at radius 1 is 1.20 bits per heavy atom. The Bertz CT molecular complexity index is 1540. The predicted octanol–water partition coefficient (Wildman–Crippen LogP) is 4.18. The summed E-state index contributed by atoms with van der Waals surface area (Å²) < 4.78 is 68.6. The van der Waals surface area contributed by atoms with Crippen molar-refractivity contribution in [3.8, 4) is 23.0 Å². The summed E-state index contributed by atoms with van der Waals surface area (Å²) in [4.78, 5) is 10.1. The molecule has 0 amide bonds. The van der Waals surface area contributed by atoms with Crippen LogP contribution in [-0.4, -0.2) is 76.0 Å². The summed E-state index contributed by atoms with van der Waals surface area (Å²) in [6.07, 6.45) is 7.83. The molecule has 1 aliphatic rings. The van der Waals surface area contributed by atoms with Gasteiger partial charge in [-0.1, -0.05) is 17.3 Å². The van der Waals surface area contributed by atoms with E-state index in [4.69, 9.17) is 4.52 Å². The summed E-state index contributed by atoms with van der Waals surface area (Å²) in [6.45, 7) is 7.71. The third-order valence-electron chi connectivity index (χ3n) is 6.52. The smallest absolute Gasteiger partial charge is 0.332 e. The molecule has 1 fully saturated rings. The molecule has 4 rings (SSSR count). The number of nitrogens with one attached hydrogen (secondary N) is 1. The molecule has 0 spiro atoms. The second kappa shape index (κ2) is 12.8. The highest BCUT2D eigenvalue weighted by Crippen LogP contribution is 2.31. The van der Waals surface area contributed by atoms with Crippen molar-refractivity contribution in [1.82, 2.24) is 30.3 Å². The Labute approximate surface area is 235 Å². The molecule has 0 radical (unpaired) electrons. The van der Waals surface area contributed by atoms with Gasteiger partial charge in [-0.05, 0) is 81.8 Å². The Kier molecular flexibility index (Phi) is 9.40. The summed E-state index contributed by atoms with van der Waals surface area (Å²) in [5.74, 6) is 0.500. The van der Waals surface area contributed by atoms with Crippen molar-refractivity contribution in [2.75, 3.05) is 26.2 Å². The Balaban J connectivity index is 1.42. The minimum absolute atomic E-state index is 0.0632. The van der Waals surface area contributed by atoms with Crippen molar-refractivity contribution in [2.24, 2.45) is 4.99 Å². The number of nitrogens with zero attached hydrogens (tertiary/aromatic N) is 6. The van der Waals surface area contributed by atoms with E-state index in [1.807, 2.05) is 26.0 Å². The number of hydrogen-bond acceptors (Lipinski definition) is 9. The molecule has 11 nitrogen and oxygen atoms in total. The maximum absolute atomic E-state index is 12.8. The molecule has 15 heteroatoms. The highest BCUT2D eigenvalue weighted by molar-refractivity contribution is 7.92. The van der Waals surface area contributed by atoms with Crippen LogP contribution in [0, 0.1) is 6.92 Å². The van der Waals surface area contributed by atoms with Crippen LogP contribution < -0.4 is 5.48 Å². The third-order valence-corrected chi connectivity index (χ3v) is 8.03. The number of halogens is 3. The average molecular weight is 594 g/mol. The lowest BCUT2D eigenvalue weighted by Crippen LogP contribution is -2.24. The van der Waals surface area contributed by atoms with Crippen molar-refractivity contribution in [3.05, 3.63) is 59.8 Å². The van der Waals surface area contributed by atoms with Gasteiger partial charge in [0.25, 0.3) is 15.7 Å². The molecule has 0 aliphatic carbocycles. The van der Waals surface area contributed by atoms with Gasteiger partial charge in [-0.25, -0.2) is 8.42 Å². The highest BCUT2D eigenvalue weighted by atomic mass is 32.2. The van der Waals surface area contributed by atoms with E-state index in [2.05, 4.69) is 30.6 Å². The number of benzene rings is 1. The fourth-order valence-corrected chi connectivity index (χ4v) is 4.94. The lowest BCUT2D eigenvalue weighted by atomic mass is 10.2. The molecule has 41 heavy (non-hydrogen) atoms. The van der Waals surface area contributed by atoms with Crippen LogP contribution in [0.3, 0.4) is 0 Å². The molecular formula is C26H30F3N7O4S. The Morgan fingerprint density at radius 2 is 1.90 bits per heavy atom. The standard InChI is InChI=1S/C26H30F3N7O4S/c1-3-19(6-11-23(33-37)30-12-15-35-13-4-5-14-35)17-36-18(2)16-22(32-36)25-31-24(34-40-25)20-7-9-21(10-8-20)41(38,39)26(27,28)29/h3,6-11,16,37H,4-5,12-15,17H2,1-2H3,(H,30,33)/b11-6-,19-3?. The highest BCUT2D eigenvalue weighted by Gasteiger charge is 2.46. The molecule has 0 unspecified atom stereocenters. The maximum Gasteiger partial charge on any atom is 0.501 e. The van der Waals surface area contributed by atoms with Gasteiger partial charge in [0.2, 0.25) is 5.82 Å². The van der Waals surface area contributed by atoms with Crippen molar-refractivity contribution in [3.63, 3.8) is 0 Å². The maximum atomic E-state index is 12.8. The van der Waals surface area contributed by atoms with Crippen molar-refractivity contribution >= 4 is 15.7 Å². The van der Waals surface area contributed by atoms with Crippen LogP contribution in [0.2, 0.25) is 0 Å². The SMILES string of the molecule is CC=C(/C=C\C(=NCCN1CCCC1)NO)Cn1nc(-c2nc(-c3ccc(S(=O)(=O)C(F)(F)F)cc3)no2)cc1C. The number of hydrogen-bond donors (Lipinski definition) is 2. The number of amidine groups is 1. The van der Waals surface area contributed by atoms with Gasteiger partial charge in [0.05, 0.1) is 18.0 Å². The molecule has 2 aromatic heterocycles. The van der Waals surface area contributed by atoms with Crippen LogP contribution in [0.15, 0.2) is 68.5 Å². The normalized spacial score (nSPS) is 15.8. The summed E-state index contributed by atoms with van der Waals surface area (Å²) in [5, 5.41) is 17.8. The molecule has 0 atom stereocenters. The number of aromatic nitrogens is 4. The van der Waals surface area contributed by atoms with Gasteiger partial charge >= 0.3 is 5.51 Å². The van der Waals surface area contributed by atoms with Gasteiger partial charge in [0.1, 0.15) is 5.84 Å². The first kappa shape index (κ1) is 30.1. The predicted molar refractivity (Wildman–Crippen MR) is 145 cm³/mol. The van der Waals surface area contributed by atoms with Crippen molar-refractivity contribution < 1.29 is 31.3 Å². The van der Waals surface area contributed by atoms with Gasteiger partial charge in [0.15, 0.2) is 5.69 Å². The lowest BCUT2D eigenvalue weighted by molar-refractivity contribution is -0.0436. The van der Waals surface area contributed by atoms with E-state index in [1.165, 1.54) is 25.0 Å². The number of rotatable bonds is 10. The molecule has 220 valence electrons. The van der Waals surface area contributed by atoms with E-state index in [0.717, 1.165) is 43.0 Å². The fourth-order valence-electron chi connectivity index (χ4n) is 4.18. The number of aryl methyl sites for hydroxylation is 1. The van der Waals surface area contributed by atoms with Crippen LogP contribution in [0.5, 0.6) is 0 Å². The monoisotopic (exact) mass is 593 g/mol. The van der Waals surface area contributed by atoms with E-state index in [0.29, 0.717) is 24.6 Å². The molecule has 3 heterocycles. The second-order valence-electron chi connectivity index (χ2n) is 9.35. The molecule has 1 aliphatic heterocycles. The Morgan fingerprint density at radius 3 is 2.54 bits per heavy atom. The largest absolute Gasteiger partial charge is 0.501 e. The number of alkyl halides is 3. The number of hydroxylamine groups is 1. The second-order valence-corrected chi connectivity index (χ2v) is 11.3. The summed E-state index contributed by atoms with van der Waals surface area (Å²) in [6, 6.07) is 5.78. The Hall–Kier alpha value is -3.82. The zero-order chi connectivity index (χ0) is 29.6. The van der Waals surface area contributed by atoms with Gasteiger partial charge < -0.3 is 9.42 Å². The fraction of sp³-hybridized carbons (Fsp3) is 0.385. The molecule has 0 bridgehead atoms. The van der Waals surface area contributed by atoms with E-state index in [-0.39, 0.29) is 17.3 Å². The van der Waals surface area contributed by atoms with Gasteiger partial charge in [-0.15, -0.1) is 0 Å². The van der Waals surface area contributed by atoms with Crippen molar-refractivity contribution in [2.45, 2.75) is 43.6 Å². The van der Waals surface area contributed by atoms with Gasteiger partial charge in [-0.2, -0.15) is 23.3 Å². The minimum Gasteiger partial charge on any atom is -0.332 e. The summed E-state index contributed by atoms with van der Waals surface area (Å²) >= 11 is 0. The number of allylic oxidation sites excluding steroid dienone is 3. The quantitative estimate of drug-likeness (QED) is 0.153. The van der Waals surface area contributed by atoms with Crippen LogP contribution in [0.4, 0.5) is 13.2 Å². The van der Waals surface area contributed by atoms with E-state index >= 15 is 0 Å². The topological polar surface area (TPSA) is 139 Å². The first-order valence-corrected chi connectivity index (χ1v) is 14.3. The molecule has 0 saturated carbocycles. The molecule has 2 N–H and O–H groups in total. The molecule has 1 aromatic carbocycles. The van der Waals surface area contributed by atoms with Crippen LogP contribution in [-0.2, 0) is 16.4 Å². The summed E-state index contributed by atoms with van der Waals surface area (Å²) in [5.41, 5.74) is -0.916. The van der Waals surface area contributed by atoms with Crippen molar-refractivity contribution in [1.29, 1.82) is 0 Å². The summed E-state index contributed by atoms with van der Waals surface area (Å²) in [7, 11) is -5.46. The lowest BCUT2D eigenvalue weighted by Gasteiger charge is -2.12. The van der Waals surface area contributed by atoms with E-state index < -0.39 is 20.2 Å². The van der Waals surface area contributed by atoms with Gasteiger partial charge in [0, 0.05) is 17.8 Å². The zero-order valence-corrected chi connectivity index (χ0v) is 23.3.